The molecule has 17 heavy (non-hydrogen) atoms. The quantitative estimate of drug-likeness (QED) is 0.645. The highest BCUT2D eigenvalue weighted by molar-refractivity contribution is 5.75. The second-order valence-electron chi connectivity index (χ2n) is 4.92. The number of anilines is 1. The van der Waals surface area contributed by atoms with Crippen molar-refractivity contribution in [3.63, 3.8) is 0 Å². The first-order valence-electron chi connectivity index (χ1n) is 5.59. The minimum Gasteiger partial charge on any atom is -0.461 e. The Kier molecular flexibility index (Phi) is 4.32. The lowest BCUT2D eigenvalue weighted by Crippen LogP contribution is -2.22. The van der Waals surface area contributed by atoms with Crippen LogP contribution in [-0.2, 0) is 9.53 Å². The topological polar surface area (TPSA) is 52.3 Å². The summed E-state index contributed by atoms with van der Waals surface area (Å²) in [6.07, 6.45) is 3.71. The number of hydrogen-bond donors (Lipinski definition) is 1. The Labute approximate surface area is 102 Å². The van der Waals surface area contributed by atoms with Gasteiger partial charge in [0.05, 0.1) is 5.41 Å². The molecule has 0 heterocycles. The summed E-state index contributed by atoms with van der Waals surface area (Å²) >= 11 is 0. The maximum absolute atomic E-state index is 11.4. The van der Waals surface area contributed by atoms with Gasteiger partial charge in [-0.25, -0.2) is 0 Å². The third kappa shape index (κ3) is 4.72. The zero-order valence-corrected chi connectivity index (χ0v) is 10.6. The summed E-state index contributed by atoms with van der Waals surface area (Å²) in [6.45, 7) is 5.79. The van der Waals surface area contributed by atoms with E-state index in [1.165, 1.54) is 0 Å². The molecule has 0 aliphatic heterocycles. The third-order valence-electron chi connectivity index (χ3n) is 2.17. The number of nitrogens with two attached hydrogens (primary N) is 1. The molecule has 92 valence electrons. The van der Waals surface area contributed by atoms with E-state index in [1.807, 2.05) is 57.2 Å². The lowest BCUT2D eigenvalue weighted by molar-refractivity contribution is -0.151. The molecule has 3 heteroatoms. The van der Waals surface area contributed by atoms with Crippen LogP contribution in [0, 0.1) is 5.41 Å². The number of benzene rings is 1. The molecule has 0 radical (unpaired) electrons. The standard InChI is InChI=1S/C14H19NO2/c1-14(2,3)13(16)17-10-4-5-11-6-8-12(15)9-7-11/h4-9H,10,15H2,1-3H3/b5-4+. The van der Waals surface area contributed by atoms with Crippen molar-refractivity contribution >= 4 is 17.7 Å². The molecule has 0 saturated carbocycles. The zero-order chi connectivity index (χ0) is 12.9. The molecular weight excluding hydrogens is 214 g/mol. The number of rotatable bonds is 3. The van der Waals surface area contributed by atoms with Gasteiger partial charge in [0.15, 0.2) is 0 Å². The fraction of sp³-hybridized carbons (Fsp3) is 0.357. The van der Waals surface area contributed by atoms with Crippen LogP contribution in [0.1, 0.15) is 26.3 Å². The Hall–Kier alpha value is -1.77. The van der Waals surface area contributed by atoms with Gasteiger partial charge in [0.2, 0.25) is 0 Å². The van der Waals surface area contributed by atoms with Gasteiger partial charge in [-0.15, -0.1) is 0 Å². The summed E-state index contributed by atoms with van der Waals surface area (Å²) in [5.74, 6) is -0.195. The van der Waals surface area contributed by atoms with E-state index in [0.717, 1.165) is 11.3 Å². The molecule has 1 aromatic carbocycles. The summed E-state index contributed by atoms with van der Waals surface area (Å²) < 4.78 is 5.10. The van der Waals surface area contributed by atoms with Gasteiger partial charge in [-0.3, -0.25) is 4.79 Å². The van der Waals surface area contributed by atoms with Crippen molar-refractivity contribution < 1.29 is 9.53 Å². The minimum absolute atomic E-state index is 0.195. The summed E-state index contributed by atoms with van der Waals surface area (Å²) in [5.41, 5.74) is 6.90. The largest absolute Gasteiger partial charge is 0.461 e. The Morgan fingerprint density at radius 2 is 1.88 bits per heavy atom. The maximum atomic E-state index is 11.4. The molecule has 0 aromatic heterocycles. The van der Waals surface area contributed by atoms with Crippen molar-refractivity contribution in [2.75, 3.05) is 12.3 Å². The summed E-state index contributed by atoms with van der Waals surface area (Å²) in [7, 11) is 0. The second kappa shape index (κ2) is 5.53. The van der Waals surface area contributed by atoms with Gasteiger partial charge in [-0.05, 0) is 44.5 Å². The SMILES string of the molecule is CC(C)(C)C(=O)OC/C=C/c1ccc(N)cc1. The predicted molar refractivity (Wildman–Crippen MR) is 70.3 cm³/mol. The summed E-state index contributed by atoms with van der Waals surface area (Å²) in [5, 5.41) is 0. The Morgan fingerprint density at radius 3 is 2.41 bits per heavy atom. The molecule has 1 aromatic rings. The molecule has 0 fully saturated rings. The zero-order valence-electron chi connectivity index (χ0n) is 10.6. The highest BCUT2D eigenvalue weighted by atomic mass is 16.5. The molecule has 0 bridgehead atoms. The second-order valence-corrected chi connectivity index (χ2v) is 4.92. The number of ether oxygens (including phenoxy) is 1. The van der Waals surface area contributed by atoms with Crippen LogP contribution in [0.3, 0.4) is 0 Å². The van der Waals surface area contributed by atoms with Gasteiger partial charge < -0.3 is 10.5 Å². The Bertz CT molecular complexity index is 399. The molecule has 0 saturated heterocycles. The first kappa shape index (κ1) is 13.3. The van der Waals surface area contributed by atoms with Crippen LogP contribution in [0.2, 0.25) is 0 Å². The average Bonchev–Trinajstić information content (AvgIpc) is 2.25. The number of carbonyl (C=O) groups is 1. The monoisotopic (exact) mass is 233 g/mol. The lowest BCUT2D eigenvalue weighted by atomic mass is 9.97. The van der Waals surface area contributed by atoms with E-state index in [1.54, 1.807) is 0 Å². The Morgan fingerprint density at radius 1 is 1.29 bits per heavy atom. The number of esters is 1. The third-order valence-corrected chi connectivity index (χ3v) is 2.17. The van der Waals surface area contributed by atoms with Crippen molar-refractivity contribution in [2.24, 2.45) is 5.41 Å². The number of carbonyl (C=O) groups excluding carboxylic acids is 1. The molecule has 0 unspecified atom stereocenters. The first-order chi connectivity index (χ1) is 7.89. The van der Waals surface area contributed by atoms with E-state index in [-0.39, 0.29) is 5.97 Å². The van der Waals surface area contributed by atoms with Gasteiger partial charge in [-0.2, -0.15) is 0 Å². The van der Waals surface area contributed by atoms with E-state index in [4.69, 9.17) is 10.5 Å². The smallest absolute Gasteiger partial charge is 0.311 e. The predicted octanol–water partition coefficient (Wildman–Crippen LogP) is 2.87. The summed E-state index contributed by atoms with van der Waals surface area (Å²) in [6, 6.07) is 7.50. The van der Waals surface area contributed by atoms with Crippen LogP contribution < -0.4 is 5.73 Å². The highest BCUT2D eigenvalue weighted by Crippen LogP contribution is 2.15. The van der Waals surface area contributed by atoms with Crippen molar-refractivity contribution in [1.82, 2.24) is 0 Å². The van der Waals surface area contributed by atoms with E-state index in [0.29, 0.717) is 6.61 Å². The molecule has 3 nitrogen and oxygen atoms in total. The van der Waals surface area contributed by atoms with E-state index < -0.39 is 5.41 Å². The molecule has 1 rings (SSSR count). The molecule has 0 aliphatic rings. The van der Waals surface area contributed by atoms with E-state index in [9.17, 15) is 4.79 Å². The normalized spacial score (nSPS) is 11.7. The van der Waals surface area contributed by atoms with Crippen LogP contribution >= 0.6 is 0 Å². The van der Waals surface area contributed by atoms with Gasteiger partial charge in [-0.1, -0.05) is 18.2 Å². The molecule has 0 atom stereocenters. The van der Waals surface area contributed by atoms with Crippen LogP contribution in [0.4, 0.5) is 5.69 Å². The van der Waals surface area contributed by atoms with Crippen LogP contribution in [0.25, 0.3) is 6.08 Å². The Balaban J connectivity index is 2.41. The van der Waals surface area contributed by atoms with Crippen molar-refractivity contribution in [2.45, 2.75) is 20.8 Å². The van der Waals surface area contributed by atoms with Gasteiger partial charge in [0.25, 0.3) is 0 Å². The minimum atomic E-state index is -0.449. The molecule has 2 N–H and O–H groups in total. The molecule has 0 spiro atoms. The summed E-state index contributed by atoms with van der Waals surface area (Å²) in [4.78, 5) is 11.4. The van der Waals surface area contributed by atoms with Gasteiger partial charge >= 0.3 is 5.97 Å². The van der Waals surface area contributed by atoms with E-state index >= 15 is 0 Å². The van der Waals surface area contributed by atoms with Crippen molar-refractivity contribution in [3.8, 4) is 0 Å². The fourth-order valence-electron chi connectivity index (χ4n) is 1.13. The van der Waals surface area contributed by atoms with Crippen molar-refractivity contribution in [1.29, 1.82) is 0 Å². The highest BCUT2D eigenvalue weighted by Gasteiger charge is 2.22. The number of nitrogen functional groups attached to an aromatic ring is 1. The van der Waals surface area contributed by atoms with Crippen LogP contribution in [-0.4, -0.2) is 12.6 Å². The van der Waals surface area contributed by atoms with E-state index in [2.05, 4.69) is 0 Å². The van der Waals surface area contributed by atoms with Crippen molar-refractivity contribution in [3.05, 3.63) is 35.9 Å². The lowest BCUT2D eigenvalue weighted by Gasteiger charge is -2.15. The number of hydrogen-bond acceptors (Lipinski definition) is 3. The van der Waals surface area contributed by atoms with Gasteiger partial charge in [0.1, 0.15) is 6.61 Å². The molecule has 0 amide bonds. The van der Waals surface area contributed by atoms with Crippen LogP contribution in [0.5, 0.6) is 0 Å². The van der Waals surface area contributed by atoms with Crippen LogP contribution in [0.15, 0.2) is 30.3 Å². The fourth-order valence-corrected chi connectivity index (χ4v) is 1.13. The maximum Gasteiger partial charge on any atom is 0.311 e. The average molecular weight is 233 g/mol. The molecule has 0 aliphatic carbocycles. The first-order valence-corrected chi connectivity index (χ1v) is 5.59. The van der Waals surface area contributed by atoms with Gasteiger partial charge in [0, 0.05) is 5.69 Å². The molecular formula is C14H19NO2.